The fourth-order valence-electron chi connectivity index (χ4n) is 2.52. The maximum absolute atomic E-state index is 12.5. The summed E-state index contributed by atoms with van der Waals surface area (Å²) in [6.45, 7) is 0. The molecule has 0 unspecified atom stereocenters. The van der Waals surface area contributed by atoms with Crippen molar-refractivity contribution in [1.82, 2.24) is 5.48 Å². The van der Waals surface area contributed by atoms with E-state index in [2.05, 4.69) is 21.2 Å². The molecule has 4 N–H and O–H groups in total. The van der Waals surface area contributed by atoms with E-state index in [1.807, 2.05) is 18.4 Å². The van der Waals surface area contributed by atoms with Gasteiger partial charge in [0.25, 0.3) is 5.91 Å². The van der Waals surface area contributed by atoms with E-state index in [0.29, 0.717) is 10.2 Å². The van der Waals surface area contributed by atoms with Crippen LogP contribution in [0.5, 0.6) is 5.75 Å². The molecule has 0 radical (unpaired) electrons. The molecule has 160 valence electrons. The van der Waals surface area contributed by atoms with Gasteiger partial charge in [-0.25, -0.2) is 10.3 Å². The second-order valence-corrected chi connectivity index (χ2v) is 7.71. The van der Waals surface area contributed by atoms with Crippen molar-refractivity contribution in [3.63, 3.8) is 0 Å². The molecule has 0 aliphatic rings. The number of amides is 2. The molecule has 2 amide bonds. The molecule has 30 heavy (non-hydrogen) atoms. The molecule has 8 nitrogen and oxygen atoms in total. The van der Waals surface area contributed by atoms with E-state index in [1.54, 1.807) is 36.0 Å². The van der Waals surface area contributed by atoms with Gasteiger partial charge in [0, 0.05) is 33.8 Å². The second-order valence-electron chi connectivity index (χ2n) is 5.92. The molecule has 0 spiro atoms. The highest BCUT2D eigenvalue weighted by molar-refractivity contribution is 9.10. The highest BCUT2D eigenvalue weighted by atomic mass is 79.9. The van der Waals surface area contributed by atoms with Crippen LogP contribution in [0.15, 0.2) is 64.0 Å². The Labute approximate surface area is 186 Å². The van der Waals surface area contributed by atoms with Gasteiger partial charge in [-0.1, -0.05) is 15.9 Å². The van der Waals surface area contributed by atoms with Crippen LogP contribution in [0.25, 0.3) is 0 Å². The number of benzene rings is 2. The number of rotatable bonds is 8. The van der Waals surface area contributed by atoms with Crippen molar-refractivity contribution in [1.29, 1.82) is 0 Å². The largest absolute Gasteiger partial charge is 0.508 e. The first-order chi connectivity index (χ1) is 14.4. The summed E-state index contributed by atoms with van der Waals surface area (Å²) in [6.07, 6.45) is 1.46. The Morgan fingerprint density at radius 2 is 1.90 bits per heavy atom. The van der Waals surface area contributed by atoms with Gasteiger partial charge < -0.3 is 14.6 Å². The highest BCUT2D eigenvalue weighted by Gasteiger charge is 2.28. The van der Waals surface area contributed by atoms with Gasteiger partial charge in [0.05, 0.1) is 0 Å². The number of nitrogens with one attached hydrogen (secondary N) is 2. The van der Waals surface area contributed by atoms with Crippen molar-refractivity contribution in [3.8, 4) is 5.75 Å². The van der Waals surface area contributed by atoms with E-state index in [-0.39, 0.29) is 11.3 Å². The molecule has 0 aromatic heterocycles. The molecular formula is C20H21BrN2O6S. The standard InChI is InChI=1S/C20H21BrN2O6S/c1-28-17(9-10-18(25)23-27)19(15-11-12(21)3-8-16(15)24)29-20(26)22-13-4-6-14(30-2)7-5-13/h3-11,17,19,24,27H,1-2H3,(H,22,26)(H,23,25)/b10-9+/t17-,19-/m0/s1. The number of carbonyl (C=O) groups excluding carboxylic acids is 2. The minimum atomic E-state index is -1.10. The van der Waals surface area contributed by atoms with E-state index in [9.17, 15) is 14.7 Å². The normalized spacial score (nSPS) is 12.9. The molecule has 2 rings (SSSR count). The maximum atomic E-state index is 12.5. The smallest absolute Gasteiger partial charge is 0.412 e. The number of thioether (sulfide) groups is 1. The first-order valence-corrected chi connectivity index (χ1v) is 10.6. The van der Waals surface area contributed by atoms with Crippen LogP contribution in [0.3, 0.4) is 0 Å². The number of hydrogen-bond donors (Lipinski definition) is 4. The lowest BCUT2D eigenvalue weighted by Crippen LogP contribution is -2.27. The summed E-state index contributed by atoms with van der Waals surface area (Å²) in [5.41, 5.74) is 2.26. The van der Waals surface area contributed by atoms with E-state index in [1.165, 1.54) is 24.7 Å². The summed E-state index contributed by atoms with van der Waals surface area (Å²) in [5, 5.41) is 21.6. The Hall–Kier alpha value is -2.53. The number of aromatic hydroxyl groups is 1. The zero-order valence-electron chi connectivity index (χ0n) is 16.2. The van der Waals surface area contributed by atoms with E-state index < -0.39 is 24.2 Å². The van der Waals surface area contributed by atoms with Gasteiger partial charge in [-0.15, -0.1) is 11.8 Å². The van der Waals surface area contributed by atoms with Crippen LogP contribution < -0.4 is 10.8 Å². The first-order valence-electron chi connectivity index (χ1n) is 8.63. The Kier molecular flexibility index (Phi) is 9.18. The Morgan fingerprint density at radius 3 is 2.50 bits per heavy atom. The zero-order chi connectivity index (χ0) is 22.1. The Bertz CT molecular complexity index is 907. The summed E-state index contributed by atoms with van der Waals surface area (Å²) in [6, 6.07) is 11.8. The summed E-state index contributed by atoms with van der Waals surface area (Å²) in [7, 11) is 1.36. The lowest BCUT2D eigenvalue weighted by Gasteiger charge is -2.25. The van der Waals surface area contributed by atoms with Gasteiger partial charge >= 0.3 is 6.09 Å². The fraction of sp³-hybridized carbons (Fsp3) is 0.200. The second kappa shape index (κ2) is 11.6. The van der Waals surface area contributed by atoms with Gasteiger partial charge in [0.15, 0.2) is 6.10 Å². The number of phenolic OH excluding ortho intramolecular Hbond substituents is 1. The van der Waals surface area contributed by atoms with Crippen molar-refractivity contribution in [2.24, 2.45) is 0 Å². The zero-order valence-corrected chi connectivity index (χ0v) is 18.6. The van der Waals surface area contributed by atoms with Gasteiger partial charge in [0.2, 0.25) is 0 Å². The summed E-state index contributed by atoms with van der Waals surface area (Å²) in [4.78, 5) is 24.9. The van der Waals surface area contributed by atoms with Crippen LogP contribution in [0.4, 0.5) is 10.5 Å². The molecule has 0 saturated heterocycles. The van der Waals surface area contributed by atoms with E-state index >= 15 is 0 Å². The SMILES string of the molecule is CO[C@@H](/C=C/C(=O)NO)[C@@H](OC(=O)Nc1ccc(SC)cc1)c1cc(Br)ccc1O. The average molecular weight is 497 g/mol. The third kappa shape index (κ3) is 6.77. The predicted molar refractivity (Wildman–Crippen MR) is 117 cm³/mol. The predicted octanol–water partition coefficient (Wildman–Crippen LogP) is 4.24. The Morgan fingerprint density at radius 1 is 1.20 bits per heavy atom. The molecule has 0 fully saturated rings. The lowest BCUT2D eigenvalue weighted by molar-refractivity contribution is -0.124. The highest BCUT2D eigenvalue weighted by Crippen LogP contribution is 2.34. The third-order valence-electron chi connectivity index (χ3n) is 3.98. The number of phenols is 1. The number of halogens is 1. The van der Waals surface area contributed by atoms with Gasteiger partial charge in [-0.3, -0.25) is 15.3 Å². The summed E-state index contributed by atoms with van der Waals surface area (Å²) >= 11 is 4.89. The maximum Gasteiger partial charge on any atom is 0.412 e. The number of ether oxygens (including phenoxy) is 2. The van der Waals surface area contributed by atoms with Crippen LogP contribution in [0.1, 0.15) is 11.7 Å². The molecule has 2 aromatic rings. The number of hydroxylamine groups is 1. The van der Waals surface area contributed by atoms with Gasteiger partial charge in [-0.05, 0) is 54.8 Å². The number of methoxy groups -OCH3 is 1. The molecular weight excluding hydrogens is 476 g/mol. The van der Waals surface area contributed by atoms with Crippen molar-refractivity contribution in [2.75, 3.05) is 18.7 Å². The molecule has 0 aliphatic heterocycles. The quantitative estimate of drug-likeness (QED) is 0.187. The first kappa shape index (κ1) is 23.7. The van der Waals surface area contributed by atoms with Crippen molar-refractivity contribution in [2.45, 2.75) is 17.1 Å². The molecule has 0 aliphatic carbocycles. The number of carbonyl (C=O) groups is 2. The monoisotopic (exact) mass is 496 g/mol. The van der Waals surface area contributed by atoms with Crippen LogP contribution >= 0.6 is 27.7 Å². The summed E-state index contributed by atoms with van der Waals surface area (Å²) < 4.78 is 11.5. The molecule has 0 heterocycles. The minimum Gasteiger partial charge on any atom is -0.508 e. The van der Waals surface area contributed by atoms with Crippen molar-refractivity contribution in [3.05, 3.63) is 64.7 Å². The van der Waals surface area contributed by atoms with E-state index in [4.69, 9.17) is 14.7 Å². The van der Waals surface area contributed by atoms with Crippen molar-refractivity contribution < 1.29 is 29.4 Å². The molecule has 10 heteroatoms. The Balaban J connectivity index is 2.29. The fourth-order valence-corrected chi connectivity index (χ4v) is 3.31. The average Bonchev–Trinajstić information content (AvgIpc) is 2.75. The van der Waals surface area contributed by atoms with E-state index in [0.717, 1.165) is 11.0 Å². The van der Waals surface area contributed by atoms with Gasteiger partial charge in [-0.2, -0.15) is 0 Å². The third-order valence-corrected chi connectivity index (χ3v) is 5.22. The molecule has 2 aromatic carbocycles. The molecule has 0 bridgehead atoms. The van der Waals surface area contributed by atoms with Crippen LogP contribution in [0.2, 0.25) is 0 Å². The molecule has 2 atom stereocenters. The van der Waals surface area contributed by atoms with Crippen LogP contribution in [-0.2, 0) is 14.3 Å². The van der Waals surface area contributed by atoms with Crippen LogP contribution in [-0.4, -0.2) is 41.8 Å². The summed E-state index contributed by atoms with van der Waals surface area (Å²) in [5.74, 6) is -0.907. The lowest BCUT2D eigenvalue weighted by atomic mass is 10.0. The number of anilines is 1. The van der Waals surface area contributed by atoms with Gasteiger partial charge in [0.1, 0.15) is 11.9 Å². The van der Waals surface area contributed by atoms with Crippen LogP contribution in [0, 0.1) is 0 Å². The minimum absolute atomic E-state index is 0.123. The topological polar surface area (TPSA) is 117 Å². The molecule has 0 saturated carbocycles. The van der Waals surface area contributed by atoms with Crippen molar-refractivity contribution >= 4 is 45.4 Å². The number of hydrogen-bond acceptors (Lipinski definition) is 7.